The number of nitrogens with zero attached hydrogens (tertiary/aromatic N) is 2. The molecule has 1 aromatic carbocycles. The summed E-state index contributed by atoms with van der Waals surface area (Å²) in [5.41, 5.74) is 0.607. The number of aliphatic hydroxyl groups excluding tert-OH is 1. The van der Waals surface area contributed by atoms with Crippen molar-refractivity contribution in [2.75, 3.05) is 20.2 Å². The largest absolute Gasteiger partial charge is 0.497 e. The van der Waals surface area contributed by atoms with Gasteiger partial charge in [0.25, 0.3) is 0 Å². The fourth-order valence-corrected chi connectivity index (χ4v) is 6.20. The summed E-state index contributed by atoms with van der Waals surface area (Å²) >= 11 is 0. The highest BCUT2D eigenvalue weighted by Crippen LogP contribution is 2.59. The van der Waals surface area contributed by atoms with E-state index in [0.717, 1.165) is 49.7 Å². The predicted octanol–water partition coefficient (Wildman–Crippen LogP) is 4.62. The van der Waals surface area contributed by atoms with Crippen LogP contribution in [-0.4, -0.2) is 65.4 Å². The molecule has 2 heterocycles. The predicted molar refractivity (Wildman–Crippen MR) is 142 cm³/mol. The average molecular weight is 511 g/mol. The lowest BCUT2D eigenvalue weighted by Gasteiger charge is -2.32. The maximum atomic E-state index is 13.8. The van der Waals surface area contributed by atoms with Crippen molar-refractivity contribution < 1.29 is 24.2 Å². The van der Waals surface area contributed by atoms with Gasteiger partial charge in [0.05, 0.1) is 19.3 Å². The lowest BCUT2D eigenvalue weighted by Crippen LogP contribution is -2.48. The highest BCUT2D eigenvalue weighted by Gasteiger charge is 2.57. The molecule has 4 rings (SSSR count). The highest BCUT2D eigenvalue weighted by atomic mass is 16.5. The number of aldehydes is 1. The Labute approximate surface area is 220 Å². The Bertz CT molecular complexity index is 992. The first-order valence-electron chi connectivity index (χ1n) is 13.8. The van der Waals surface area contributed by atoms with Gasteiger partial charge in [0.2, 0.25) is 0 Å². The van der Waals surface area contributed by atoms with Crippen molar-refractivity contribution in [3.8, 4) is 5.75 Å². The molecule has 7 heteroatoms. The second-order valence-electron chi connectivity index (χ2n) is 11.4. The van der Waals surface area contributed by atoms with Crippen LogP contribution < -0.4 is 4.74 Å². The van der Waals surface area contributed by atoms with Crippen molar-refractivity contribution in [1.29, 1.82) is 0 Å². The number of Topliss-reactive ketones (excluding diaryl/α,β-unsaturated/α-hetero) is 1. The SMILES string of the molecule is COc1ccc(CN2CCCCC/C=C\[C@@H]3C[C@@]3(C=O)C(C)C(C)CC(=O)[C@@H]3C[C@@H](O)CN3C2=O)cc1. The number of benzene rings is 1. The summed E-state index contributed by atoms with van der Waals surface area (Å²) in [5, 5.41) is 10.5. The van der Waals surface area contributed by atoms with Crippen molar-refractivity contribution >= 4 is 18.1 Å². The van der Waals surface area contributed by atoms with Crippen LogP contribution in [0.2, 0.25) is 0 Å². The zero-order valence-electron chi connectivity index (χ0n) is 22.5. The number of methoxy groups -OCH3 is 1. The van der Waals surface area contributed by atoms with Crippen molar-refractivity contribution in [3.63, 3.8) is 0 Å². The molecule has 6 atom stereocenters. The van der Waals surface area contributed by atoms with Crippen LogP contribution in [-0.2, 0) is 16.1 Å². The zero-order chi connectivity index (χ0) is 26.6. The zero-order valence-corrected chi connectivity index (χ0v) is 22.5. The minimum absolute atomic E-state index is 0.0110. The van der Waals surface area contributed by atoms with Gasteiger partial charge >= 0.3 is 6.03 Å². The Hall–Kier alpha value is -2.67. The maximum absolute atomic E-state index is 13.8. The molecule has 1 aromatic rings. The summed E-state index contributed by atoms with van der Waals surface area (Å²) in [5.74, 6) is 1.07. The molecule has 0 radical (unpaired) electrons. The molecule has 2 amide bonds. The van der Waals surface area contributed by atoms with E-state index in [1.165, 1.54) is 0 Å². The molecule has 1 N–H and O–H groups in total. The number of rotatable bonds is 4. The van der Waals surface area contributed by atoms with Crippen molar-refractivity contribution in [3.05, 3.63) is 42.0 Å². The second-order valence-corrected chi connectivity index (χ2v) is 11.4. The van der Waals surface area contributed by atoms with Gasteiger partial charge in [-0.3, -0.25) is 4.79 Å². The Morgan fingerprint density at radius 1 is 1.14 bits per heavy atom. The molecular formula is C30H42N2O5. The number of hydrogen-bond acceptors (Lipinski definition) is 5. The molecule has 202 valence electrons. The van der Waals surface area contributed by atoms with Crippen molar-refractivity contribution in [2.45, 2.75) is 77.5 Å². The number of ether oxygens (including phenoxy) is 1. The molecule has 3 aliphatic rings. The van der Waals surface area contributed by atoms with Crippen LogP contribution in [0, 0.1) is 23.2 Å². The molecule has 1 aliphatic carbocycles. The fraction of sp³-hybridized carbons (Fsp3) is 0.633. The van der Waals surface area contributed by atoms with E-state index >= 15 is 0 Å². The topological polar surface area (TPSA) is 87.2 Å². The third kappa shape index (κ3) is 6.08. The third-order valence-corrected chi connectivity index (χ3v) is 8.91. The molecule has 7 nitrogen and oxygen atoms in total. The fourth-order valence-electron chi connectivity index (χ4n) is 6.20. The number of urea groups is 1. The van der Waals surface area contributed by atoms with Crippen LogP contribution in [0.1, 0.15) is 64.4 Å². The summed E-state index contributed by atoms with van der Waals surface area (Å²) < 4.78 is 5.26. The Balaban J connectivity index is 1.56. The summed E-state index contributed by atoms with van der Waals surface area (Å²) in [4.78, 5) is 42.8. The lowest BCUT2D eigenvalue weighted by molar-refractivity contribution is -0.125. The van der Waals surface area contributed by atoms with E-state index in [9.17, 15) is 19.5 Å². The molecule has 2 aliphatic heterocycles. The molecule has 0 bridgehead atoms. The Morgan fingerprint density at radius 3 is 2.59 bits per heavy atom. The van der Waals surface area contributed by atoms with Gasteiger partial charge in [-0.1, -0.05) is 44.6 Å². The van der Waals surface area contributed by atoms with Crippen LogP contribution in [0.15, 0.2) is 36.4 Å². The molecule has 2 unspecified atom stereocenters. The van der Waals surface area contributed by atoms with E-state index in [-0.39, 0.29) is 47.9 Å². The van der Waals surface area contributed by atoms with Gasteiger partial charge in [-0.25, -0.2) is 4.79 Å². The first kappa shape index (κ1) is 27.4. The Kier molecular flexibility index (Phi) is 8.73. The molecule has 1 saturated carbocycles. The molecule has 0 aromatic heterocycles. The average Bonchev–Trinajstić information content (AvgIpc) is 3.48. The first-order chi connectivity index (χ1) is 17.8. The number of fused-ring (bicyclic) bond motifs is 2. The normalized spacial score (nSPS) is 34.3. The van der Waals surface area contributed by atoms with Crippen LogP contribution in [0.4, 0.5) is 4.79 Å². The Morgan fingerprint density at radius 2 is 1.89 bits per heavy atom. The van der Waals surface area contributed by atoms with Gasteiger partial charge in [0, 0.05) is 37.9 Å². The quantitative estimate of drug-likeness (QED) is 0.472. The van der Waals surface area contributed by atoms with Crippen LogP contribution in [0.25, 0.3) is 0 Å². The van der Waals surface area contributed by atoms with Crippen molar-refractivity contribution in [1.82, 2.24) is 9.80 Å². The monoisotopic (exact) mass is 510 g/mol. The summed E-state index contributed by atoms with van der Waals surface area (Å²) in [6, 6.07) is 6.86. The molecule has 2 fully saturated rings. The minimum atomic E-state index is -0.710. The van der Waals surface area contributed by atoms with Gasteiger partial charge in [0.15, 0.2) is 5.78 Å². The third-order valence-electron chi connectivity index (χ3n) is 8.91. The van der Waals surface area contributed by atoms with Gasteiger partial charge in [-0.05, 0) is 61.1 Å². The first-order valence-corrected chi connectivity index (χ1v) is 13.8. The molecule has 1 saturated heterocycles. The molecule has 0 spiro atoms. The van der Waals surface area contributed by atoms with Crippen LogP contribution in [0.5, 0.6) is 5.75 Å². The standard InChI is InChI=1S/C30H42N2O5/c1-21-15-28(35)27-16-25(34)19-32(27)29(36)31(18-23-10-12-26(37-3)13-11-23)14-8-6-4-5-7-9-24-17-30(24,20-33)22(21)2/h7,9-13,20-22,24-25,27,34H,4-6,8,14-19H2,1-3H3/b9-7-/t21?,22?,24-,25-,27+,30-/m1/s1. The van der Waals surface area contributed by atoms with Gasteiger partial charge in [-0.15, -0.1) is 0 Å². The van der Waals surface area contributed by atoms with Crippen molar-refractivity contribution in [2.24, 2.45) is 23.2 Å². The van der Waals surface area contributed by atoms with E-state index in [1.54, 1.807) is 12.0 Å². The molecular weight excluding hydrogens is 468 g/mol. The summed E-state index contributed by atoms with van der Waals surface area (Å²) in [6.45, 7) is 5.31. The summed E-state index contributed by atoms with van der Waals surface area (Å²) in [6.07, 6.45) is 10.0. The summed E-state index contributed by atoms with van der Waals surface area (Å²) in [7, 11) is 1.63. The minimum Gasteiger partial charge on any atom is -0.497 e. The van der Waals surface area contributed by atoms with Gasteiger partial charge in [-0.2, -0.15) is 0 Å². The number of hydrogen-bond donors (Lipinski definition) is 1. The highest BCUT2D eigenvalue weighted by molar-refractivity contribution is 5.89. The molecule has 37 heavy (non-hydrogen) atoms. The van der Waals surface area contributed by atoms with E-state index < -0.39 is 12.1 Å². The smallest absolute Gasteiger partial charge is 0.321 e. The number of amides is 2. The van der Waals surface area contributed by atoms with E-state index in [0.29, 0.717) is 19.5 Å². The lowest BCUT2D eigenvalue weighted by atomic mass is 9.77. The van der Waals surface area contributed by atoms with Crippen LogP contribution in [0.3, 0.4) is 0 Å². The number of carbonyl (C=O) groups is 3. The number of carbonyl (C=O) groups excluding carboxylic acids is 3. The van der Waals surface area contributed by atoms with Gasteiger partial charge < -0.3 is 24.4 Å². The van der Waals surface area contributed by atoms with Gasteiger partial charge in [0.1, 0.15) is 12.0 Å². The number of allylic oxidation sites excluding steroid dienone is 2. The van der Waals surface area contributed by atoms with E-state index in [4.69, 9.17) is 4.74 Å². The number of aliphatic hydroxyl groups is 1. The van der Waals surface area contributed by atoms with E-state index in [1.807, 2.05) is 36.1 Å². The maximum Gasteiger partial charge on any atom is 0.321 e. The van der Waals surface area contributed by atoms with Crippen LogP contribution >= 0.6 is 0 Å². The van der Waals surface area contributed by atoms with E-state index in [2.05, 4.69) is 19.1 Å². The number of ketones is 1. The second kappa shape index (κ2) is 11.8.